The van der Waals surface area contributed by atoms with Crippen LogP contribution in [0.5, 0.6) is 0 Å². The van der Waals surface area contributed by atoms with Crippen LogP contribution in [0.15, 0.2) is 17.2 Å². The van der Waals surface area contributed by atoms with Gasteiger partial charge in [0.1, 0.15) is 0 Å². The third-order valence-corrected chi connectivity index (χ3v) is 2.62. The number of nitrogens with one attached hydrogen (secondary N) is 2. The minimum atomic E-state index is 0.513. The Bertz CT molecular complexity index is 401. The molecule has 2 N–H and O–H groups in total. The number of thiocarbonyl (C=S) groups is 1. The van der Waals surface area contributed by atoms with Crippen LogP contribution < -0.4 is 10.7 Å². The highest BCUT2D eigenvalue weighted by Crippen LogP contribution is 2.13. The lowest BCUT2D eigenvalue weighted by atomic mass is 10.0. The van der Waals surface area contributed by atoms with Gasteiger partial charge in [0.15, 0.2) is 5.11 Å². The molecule has 3 nitrogen and oxygen atoms in total. The highest BCUT2D eigenvalue weighted by molar-refractivity contribution is 7.80. The van der Waals surface area contributed by atoms with E-state index in [1.165, 1.54) is 16.7 Å². The highest BCUT2D eigenvalue weighted by Gasteiger charge is 2.00. The van der Waals surface area contributed by atoms with Crippen LogP contribution in [0.3, 0.4) is 0 Å². The predicted molar refractivity (Wildman–Crippen MR) is 73.0 cm³/mol. The van der Waals surface area contributed by atoms with Gasteiger partial charge < -0.3 is 5.32 Å². The monoisotopic (exact) mass is 235 g/mol. The third-order valence-electron chi connectivity index (χ3n) is 2.32. The molecule has 0 fully saturated rings. The quantitative estimate of drug-likeness (QED) is 0.468. The van der Waals surface area contributed by atoms with Crippen LogP contribution in [-0.4, -0.2) is 18.4 Å². The van der Waals surface area contributed by atoms with Crippen molar-refractivity contribution < 1.29 is 0 Å². The number of rotatable bonds is 2. The molecule has 4 heteroatoms. The van der Waals surface area contributed by atoms with E-state index in [0.717, 1.165) is 5.56 Å². The van der Waals surface area contributed by atoms with E-state index in [1.54, 1.807) is 13.3 Å². The second-order valence-corrected chi connectivity index (χ2v) is 4.17. The van der Waals surface area contributed by atoms with Crippen molar-refractivity contribution in [3.8, 4) is 0 Å². The summed E-state index contributed by atoms with van der Waals surface area (Å²) >= 11 is 4.92. The van der Waals surface area contributed by atoms with Crippen molar-refractivity contribution in [3.63, 3.8) is 0 Å². The van der Waals surface area contributed by atoms with Crippen LogP contribution in [0.2, 0.25) is 0 Å². The third kappa shape index (κ3) is 3.31. The van der Waals surface area contributed by atoms with Crippen molar-refractivity contribution in [1.29, 1.82) is 0 Å². The molecular formula is C12H17N3S. The largest absolute Gasteiger partial charge is 0.364 e. The fraction of sp³-hybridized carbons (Fsp3) is 0.333. The lowest BCUT2D eigenvalue weighted by molar-refractivity contribution is 0.981. The van der Waals surface area contributed by atoms with E-state index in [2.05, 4.69) is 48.7 Å². The van der Waals surface area contributed by atoms with Gasteiger partial charge in [0.25, 0.3) is 0 Å². The van der Waals surface area contributed by atoms with Crippen molar-refractivity contribution in [2.45, 2.75) is 20.8 Å². The minimum Gasteiger partial charge on any atom is -0.364 e. The van der Waals surface area contributed by atoms with Gasteiger partial charge in [-0.1, -0.05) is 17.7 Å². The molecule has 0 saturated carbocycles. The first-order valence-electron chi connectivity index (χ1n) is 5.13. The van der Waals surface area contributed by atoms with Gasteiger partial charge >= 0.3 is 0 Å². The maximum Gasteiger partial charge on any atom is 0.186 e. The average molecular weight is 235 g/mol. The molecule has 0 bridgehead atoms. The minimum absolute atomic E-state index is 0.513. The summed E-state index contributed by atoms with van der Waals surface area (Å²) in [6.45, 7) is 6.25. The summed E-state index contributed by atoms with van der Waals surface area (Å²) in [7, 11) is 1.76. The molecular weight excluding hydrogens is 218 g/mol. The first-order valence-corrected chi connectivity index (χ1v) is 5.54. The normalized spacial score (nSPS) is 10.5. The van der Waals surface area contributed by atoms with E-state index >= 15 is 0 Å². The summed E-state index contributed by atoms with van der Waals surface area (Å²) in [5, 5.41) is 7.39. The standard InChI is InChI=1S/C12H17N3S/c1-8-5-9(2)11(10(3)6-8)7-14-15-12(16)13-4/h5-7H,1-4H3,(H2,13,15,16)/b14-7-. The molecule has 1 rings (SSSR count). The Balaban J connectivity index is 2.85. The number of hydrogen-bond donors (Lipinski definition) is 2. The Hall–Kier alpha value is -1.42. The van der Waals surface area contributed by atoms with Gasteiger partial charge in [-0.2, -0.15) is 5.10 Å². The van der Waals surface area contributed by atoms with Crippen molar-refractivity contribution in [2.24, 2.45) is 5.10 Å². The Morgan fingerprint density at radius 2 is 1.81 bits per heavy atom. The smallest absolute Gasteiger partial charge is 0.186 e. The van der Waals surface area contributed by atoms with Gasteiger partial charge in [-0.05, 0) is 44.1 Å². The number of nitrogens with zero attached hydrogens (tertiary/aromatic N) is 1. The molecule has 0 amide bonds. The van der Waals surface area contributed by atoms with Crippen LogP contribution in [0.25, 0.3) is 0 Å². The van der Waals surface area contributed by atoms with Crippen molar-refractivity contribution >= 4 is 23.5 Å². The zero-order valence-corrected chi connectivity index (χ0v) is 10.9. The van der Waals surface area contributed by atoms with Crippen molar-refractivity contribution in [1.82, 2.24) is 10.7 Å². The molecule has 1 aromatic rings. The summed E-state index contributed by atoms with van der Waals surface area (Å²) in [5.74, 6) is 0. The van der Waals surface area contributed by atoms with Gasteiger partial charge in [-0.25, -0.2) is 0 Å². The summed E-state index contributed by atoms with van der Waals surface area (Å²) in [4.78, 5) is 0. The van der Waals surface area contributed by atoms with Crippen LogP contribution in [-0.2, 0) is 0 Å². The average Bonchev–Trinajstić information content (AvgIpc) is 2.21. The van der Waals surface area contributed by atoms with E-state index in [0.29, 0.717) is 5.11 Å². The molecule has 0 aliphatic rings. The van der Waals surface area contributed by atoms with E-state index in [-0.39, 0.29) is 0 Å². The zero-order chi connectivity index (χ0) is 12.1. The summed E-state index contributed by atoms with van der Waals surface area (Å²) in [5.41, 5.74) is 7.59. The molecule has 0 aliphatic carbocycles. The maximum atomic E-state index is 4.92. The summed E-state index contributed by atoms with van der Waals surface area (Å²) in [6, 6.07) is 4.29. The van der Waals surface area contributed by atoms with Gasteiger partial charge in [-0.15, -0.1) is 0 Å². The fourth-order valence-corrected chi connectivity index (χ4v) is 1.66. The Kier molecular flexibility index (Phi) is 4.43. The zero-order valence-electron chi connectivity index (χ0n) is 10.1. The molecule has 16 heavy (non-hydrogen) atoms. The SMILES string of the molecule is CNC(=S)N/N=C\c1c(C)cc(C)cc1C. The van der Waals surface area contributed by atoms with E-state index < -0.39 is 0 Å². The van der Waals surface area contributed by atoms with Gasteiger partial charge in [-0.3, -0.25) is 5.43 Å². The van der Waals surface area contributed by atoms with Gasteiger partial charge in [0.2, 0.25) is 0 Å². The lowest BCUT2D eigenvalue weighted by Crippen LogP contribution is -2.28. The summed E-state index contributed by atoms with van der Waals surface area (Å²) in [6.07, 6.45) is 1.80. The number of benzene rings is 1. The topological polar surface area (TPSA) is 36.4 Å². The summed E-state index contributed by atoms with van der Waals surface area (Å²) < 4.78 is 0. The molecule has 0 aliphatic heterocycles. The van der Waals surface area contributed by atoms with Crippen LogP contribution in [0, 0.1) is 20.8 Å². The second-order valence-electron chi connectivity index (χ2n) is 3.76. The number of hydrazone groups is 1. The van der Waals surface area contributed by atoms with Crippen LogP contribution >= 0.6 is 12.2 Å². The molecule has 0 radical (unpaired) electrons. The molecule has 0 aromatic heterocycles. The first-order chi connectivity index (χ1) is 7.54. The van der Waals surface area contributed by atoms with Gasteiger partial charge in [0, 0.05) is 12.6 Å². The maximum absolute atomic E-state index is 4.92. The molecule has 1 aromatic carbocycles. The molecule has 86 valence electrons. The van der Waals surface area contributed by atoms with E-state index in [9.17, 15) is 0 Å². The fourth-order valence-electron chi connectivity index (χ4n) is 1.61. The Labute approximate surface area is 102 Å². The number of aryl methyl sites for hydroxylation is 3. The predicted octanol–water partition coefficient (Wildman–Crippen LogP) is 2.04. The van der Waals surface area contributed by atoms with E-state index in [1.807, 2.05) is 0 Å². The second kappa shape index (κ2) is 5.61. The molecule has 0 saturated heterocycles. The van der Waals surface area contributed by atoms with Crippen LogP contribution in [0.1, 0.15) is 22.3 Å². The molecule has 0 unspecified atom stereocenters. The van der Waals surface area contributed by atoms with Gasteiger partial charge in [0.05, 0.1) is 6.21 Å². The molecule has 0 heterocycles. The Morgan fingerprint density at radius 3 is 2.31 bits per heavy atom. The molecule has 0 spiro atoms. The molecule has 0 atom stereocenters. The lowest BCUT2D eigenvalue weighted by Gasteiger charge is -2.06. The highest BCUT2D eigenvalue weighted by atomic mass is 32.1. The number of hydrogen-bond acceptors (Lipinski definition) is 2. The van der Waals surface area contributed by atoms with E-state index in [4.69, 9.17) is 12.2 Å². The van der Waals surface area contributed by atoms with Crippen molar-refractivity contribution in [3.05, 3.63) is 34.4 Å². The van der Waals surface area contributed by atoms with Crippen molar-refractivity contribution in [2.75, 3.05) is 7.05 Å². The van der Waals surface area contributed by atoms with Crippen LogP contribution in [0.4, 0.5) is 0 Å². The Morgan fingerprint density at radius 1 is 1.25 bits per heavy atom. The first kappa shape index (κ1) is 12.6.